The van der Waals surface area contributed by atoms with Crippen LogP contribution in [0.15, 0.2) is 24.5 Å². The summed E-state index contributed by atoms with van der Waals surface area (Å²) < 4.78 is 1.56. The maximum absolute atomic E-state index is 11.8. The molecule has 0 saturated heterocycles. The van der Waals surface area contributed by atoms with Crippen LogP contribution in [0.25, 0.3) is 5.69 Å². The quantitative estimate of drug-likeness (QED) is 0.794. The second-order valence-electron chi connectivity index (χ2n) is 3.74. The fourth-order valence-corrected chi connectivity index (χ4v) is 1.71. The van der Waals surface area contributed by atoms with E-state index in [-0.39, 0.29) is 5.91 Å². The smallest absolute Gasteiger partial charge is 0.251 e. The maximum atomic E-state index is 11.8. The van der Waals surface area contributed by atoms with Crippen LogP contribution in [0.3, 0.4) is 0 Å². The van der Waals surface area contributed by atoms with Crippen molar-refractivity contribution in [2.75, 3.05) is 12.3 Å². The number of carbonyl (C=O) groups excluding carboxylic acids is 1. The minimum atomic E-state index is -0.101. The largest absolute Gasteiger partial charge is 0.351 e. The molecule has 0 unspecified atom stereocenters. The molecule has 0 fully saturated rings. The van der Waals surface area contributed by atoms with Gasteiger partial charge in [-0.15, -0.1) is 5.10 Å². The molecule has 0 aliphatic rings. The lowest BCUT2D eigenvalue weighted by atomic mass is 10.1. The second kappa shape index (κ2) is 5.63. The Labute approximate surface area is 110 Å². The number of benzene rings is 1. The summed E-state index contributed by atoms with van der Waals surface area (Å²) in [6.07, 6.45) is 1.52. The van der Waals surface area contributed by atoms with Gasteiger partial charge in [-0.2, -0.15) is 12.6 Å². The molecule has 0 bridgehead atoms. The average molecular weight is 263 g/mol. The number of rotatable bonds is 4. The molecule has 18 heavy (non-hydrogen) atoms. The van der Waals surface area contributed by atoms with Crippen LogP contribution in [0, 0.1) is 6.92 Å². The minimum Gasteiger partial charge on any atom is -0.351 e. The summed E-state index contributed by atoms with van der Waals surface area (Å²) in [4.78, 5) is 11.8. The van der Waals surface area contributed by atoms with Crippen molar-refractivity contribution in [1.82, 2.24) is 25.5 Å². The molecule has 1 aromatic carbocycles. The number of nitrogens with zero attached hydrogens (tertiary/aromatic N) is 4. The van der Waals surface area contributed by atoms with E-state index >= 15 is 0 Å². The van der Waals surface area contributed by atoms with Gasteiger partial charge in [0.1, 0.15) is 6.33 Å². The van der Waals surface area contributed by atoms with E-state index in [1.807, 2.05) is 19.1 Å². The monoisotopic (exact) mass is 263 g/mol. The van der Waals surface area contributed by atoms with Gasteiger partial charge in [-0.25, -0.2) is 4.68 Å². The Kier molecular flexibility index (Phi) is 3.93. The fraction of sp³-hybridized carbons (Fsp3) is 0.273. The topological polar surface area (TPSA) is 72.7 Å². The van der Waals surface area contributed by atoms with Crippen LogP contribution < -0.4 is 5.32 Å². The molecule has 1 amide bonds. The Morgan fingerprint density at radius 3 is 2.94 bits per heavy atom. The highest BCUT2D eigenvalue weighted by Gasteiger charge is 2.08. The SMILES string of the molecule is Cc1cc(C(=O)NCCS)ccc1-n1cnnn1. The van der Waals surface area contributed by atoms with Crippen LogP contribution in [-0.2, 0) is 0 Å². The zero-order valence-corrected chi connectivity index (χ0v) is 10.8. The summed E-state index contributed by atoms with van der Waals surface area (Å²) in [6, 6.07) is 5.38. The van der Waals surface area contributed by atoms with Crippen molar-refractivity contribution in [3.8, 4) is 5.69 Å². The maximum Gasteiger partial charge on any atom is 0.251 e. The van der Waals surface area contributed by atoms with Crippen molar-refractivity contribution in [1.29, 1.82) is 0 Å². The molecule has 2 rings (SSSR count). The first-order chi connectivity index (χ1) is 8.72. The molecule has 1 N–H and O–H groups in total. The van der Waals surface area contributed by atoms with Gasteiger partial charge in [0, 0.05) is 17.9 Å². The van der Waals surface area contributed by atoms with Crippen LogP contribution in [0.2, 0.25) is 0 Å². The van der Waals surface area contributed by atoms with E-state index in [4.69, 9.17) is 0 Å². The Morgan fingerprint density at radius 2 is 2.33 bits per heavy atom. The third kappa shape index (κ3) is 2.67. The molecule has 2 aromatic rings. The molecule has 0 atom stereocenters. The number of tetrazole rings is 1. The number of amides is 1. The summed E-state index contributed by atoms with van der Waals surface area (Å²) in [6.45, 7) is 2.46. The molecule has 1 aromatic heterocycles. The lowest BCUT2D eigenvalue weighted by Gasteiger charge is -2.07. The first kappa shape index (κ1) is 12.6. The van der Waals surface area contributed by atoms with Gasteiger partial charge in [0.15, 0.2) is 0 Å². The average Bonchev–Trinajstić information content (AvgIpc) is 2.89. The zero-order valence-electron chi connectivity index (χ0n) is 9.87. The van der Waals surface area contributed by atoms with Crippen LogP contribution >= 0.6 is 12.6 Å². The standard InChI is InChI=1S/C11H13N5OS/c1-8-6-9(11(17)12-4-5-18)2-3-10(8)16-7-13-14-15-16/h2-3,6-7,18H,4-5H2,1H3,(H,12,17). The molecule has 6 nitrogen and oxygen atoms in total. The molecule has 0 saturated carbocycles. The summed E-state index contributed by atoms with van der Waals surface area (Å²) in [5, 5.41) is 13.7. The number of hydrogen-bond acceptors (Lipinski definition) is 5. The van der Waals surface area contributed by atoms with E-state index in [0.717, 1.165) is 11.3 Å². The van der Waals surface area contributed by atoms with E-state index in [0.29, 0.717) is 17.9 Å². The van der Waals surface area contributed by atoms with Gasteiger partial charge in [-0.3, -0.25) is 4.79 Å². The van der Waals surface area contributed by atoms with Crippen molar-refractivity contribution in [2.45, 2.75) is 6.92 Å². The Balaban J connectivity index is 2.22. The molecular formula is C11H13N5OS. The van der Waals surface area contributed by atoms with Gasteiger partial charge < -0.3 is 5.32 Å². The highest BCUT2D eigenvalue weighted by molar-refractivity contribution is 7.80. The van der Waals surface area contributed by atoms with Crippen LogP contribution in [0.5, 0.6) is 0 Å². The van der Waals surface area contributed by atoms with E-state index in [9.17, 15) is 4.79 Å². The van der Waals surface area contributed by atoms with Crippen LogP contribution in [0.4, 0.5) is 0 Å². The van der Waals surface area contributed by atoms with Gasteiger partial charge in [-0.1, -0.05) is 0 Å². The molecule has 0 spiro atoms. The highest BCUT2D eigenvalue weighted by atomic mass is 32.1. The van der Waals surface area contributed by atoms with Crippen molar-refractivity contribution in [3.63, 3.8) is 0 Å². The van der Waals surface area contributed by atoms with Gasteiger partial charge >= 0.3 is 0 Å². The molecule has 94 valence electrons. The van der Waals surface area contributed by atoms with Gasteiger partial charge in [0.05, 0.1) is 5.69 Å². The number of nitrogens with one attached hydrogen (secondary N) is 1. The predicted octanol–water partition coefficient (Wildman–Crippen LogP) is 0.630. The Hall–Kier alpha value is -1.89. The van der Waals surface area contributed by atoms with Gasteiger partial charge in [0.2, 0.25) is 0 Å². The number of aryl methyl sites for hydroxylation is 1. The molecule has 0 radical (unpaired) electrons. The third-order valence-corrected chi connectivity index (χ3v) is 2.68. The fourth-order valence-electron chi connectivity index (χ4n) is 1.60. The van der Waals surface area contributed by atoms with Gasteiger partial charge in [-0.05, 0) is 41.1 Å². The van der Waals surface area contributed by atoms with E-state index in [2.05, 4.69) is 33.5 Å². The molecular weight excluding hydrogens is 250 g/mol. The summed E-state index contributed by atoms with van der Waals surface area (Å²) >= 11 is 4.04. The van der Waals surface area contributed by atoms with Crippen LogP contribution in [-0.4, -0.2) is 38.4 Å². The number of carbonyl (C=O) groups is 1. The first-order valence-corrected chi connectivity index (χ1v) is 6.08. The highest BCUT2D eigenvalue weighted by Crippen LogP contribution is 2.14. The van der Waals surface area contributed by atoms with Crippen molar-refractivity contribution in [2.24, 2.45) is 0 Å². The number of aromatic nitrogens is 4. The molecule has 0 aliphatic heterocycles. The summed E-state index contributed by atoms with van der Waals surface area (Å²) in [5.41, 5.74) is 2.40. The molecule has 7 heteroatoms. The first-order valence-electron chi connectivity index (χ1n) is 5.45. The van der Waals surface area contributed by atoms with Crippen molar-refractivity contribution < 1.29 is 4.79 Å². The van der Waals surface area contributed by atoms with Gasteiger partial charge in [0.25, 0.3) is 5.91 Å². The lowest BCUT2D eigenvalue weighted by molar-refractivity contribution is 0.0956. The van der Waals surface area contributed by atoms with Crippen molar-refractivity contribution >= 4 is 18.5 Å². The lowest BCUT2D eigenvalue weighted by Crippen LogP contribution is -2.25. The summed E-state index contributed by atoms with van der Waals surface area (Å²) in [5.74, 6) is 0.517. The van der Waals surface area contributed by atoms with E-state index in [1.165, 1.54) is 6.33 Å². The third-order valence-electron chi connectivity index (χ3n) is 2.45. The molecule has 1 heterocycles. The Bertz CT molecular complexity index is 540. The second-order valence-corrected chi connectivity index (χ2v) is 4.18. The zero-order chi connectivity index (χ0) is 13.0. The minimum absolute atomic E-state index is 0.101. The summed E-state index contributed by atoms with van der Waals surface area (Å²) in [7, 11) is 0. The van der Waals surface area contributed by atoms with E-state index < -0.39 is 0 Å². The van der Waals surface area contributed by atoms with Crippen molar-refractivity contribution in [3.05, 3.63) is 35.7 Å². The van der Waals surface area contributed by atoms with Crippen LogP contribution in [0.1, 0.15) is 15.9 Å². The molecule has 0 aliphatic carbocycles. The Morgan fingerprint density at radius 1 is 1.50 bits per heavy atom. The van der Waals surface area contributed by atoms with E-state index in [1.54, 1.807) is 10.7 Å². The number of hydrogen-bond donors (Lipinski definition) is 2. The normalized spacial score (nSPS) is 10.3. The predicted molar refractivity (Wildman–Crippen MR) is 70.1 cm³/mol. The number of thiol groups is 1.